The van der Waals surface area contributed by atoms with Crippen LogP contribution in [0, 0.1) is 0 Å². The first kappa shape index (κ1) is 22.1. The van der Waals surface area contributed by atoms with Crippen LogP contribution in [0.5, 0.6) is 11.5 Å². The third kappa shape index (κ3) is 6.45. The molecule has 0 aliphatic heterocycles. The molecule has 3 rings (SSSR count). The Bertz CT molecular complexity index is 1010. The second kappa shape index (κ2) is 11.0. The van der Waals surface area contributed by atoms with Gasteiger partial charge in [-0.1, -0.05) is 54.6 Å². The van der Waals surface area contributed by atoms with Gasteiger partial charge in [-0.15, -0.1) is 0 Å². The fraction of sp³-hybridized carbons (Fsp3) is 0.167. The van der Waals surface area contributed by atoms with Crippen molar-refractivity contribution in [1.82, 2.24) is 16.2 Å². The molecular weight excluding hydrogens is 410 g/mol. The van der Waals surface area contributed by atoms with Crippen molar-refractivity contribution in [1.29, 1.82) is 0 Å². The Balaban J connectivity index is 1.47. The summed E-state index contributed by atoms with van der Waals surface area (Å²) in [7, 11) is 1.60. The van der Waals surface area contributed by atoms with Crippen LogP contribution in [0.4, 0.5) is 0 Å². The Morgan fingerprint density at radius 1 is 0.903 bits per heavy atom. The predicted molar refractivity (Wildman–Crippen MR) is 125 cm³/mol. The molecule has 31 heavy (non-hydrogen) atoms. The molecule has 3 aromatic carbocycles. The largest absolute Gasteiger partial charge is 0.493 e. The lowest BCUT2D eigenvalue weighted by atomic mass is 10.1. The van der Waals surface area contributed by atoms with Gasteiger partial charge < -0.3 is 14.8 Å². The third-order valence-electron chi connectivity index (χ3n) is 4.62. The van der Waals surface area contributed by atoms with E-state index in [1.54, 1.807) is 19.2 Å². The number of hydrazine groups is 1. The van der Waals surface area contributed by atoms with Gasteiger partial charge in [0.1, 0.15) is 6.61 Å². The molecule has 0 spiro atoms. The van der Waals surface area contributed by atoms with Crippen LogP contribution in [0.25, 0.3) is 0 Å². The van der Waals surface area contributed by atoms with Crippen LogP contribution >= 0.6 is 12.2 Å². The van der Waals surface area contributed by atoms with Crippen molar-refractivity contribution in [2.75, 3.05) is 7.11 Å². The number of amides is 1. The van der Waals surface area contributed by atoms with Crippen LogP contribution in [-0.4, -0.2) is 18.1 Å². The number of hydrogen-bond donors (Lipinski definition) is 3. The van der Waals surface area contributed by atoms with Crippen LogP contribution in [0.1, 0.15) is 34.5 Å². The lowest BCUT2D eigenvalue weighted by molar-refractivity contribution is 0.0943. The zero-order valence-corrected chi connectivity index (χ0v) is 18.2. The van der Waals surface area contributed by atoms with E-state index >= 15 is 0 Å². The van der Waals surface area contributed by atoms with Gasteiger partial charge in [0.2, 0.25) is 0 Å². The molecule has 0 saturated heterocycles. The molecule has 6 nitrogen and oxygen atoms in total. The van der Waals surface area contributed by atoms with E-state index in [-0.39, 0.29) is 11.9 Å². The number of thiocarbonyl (C=S) groups is 1. The van der Waals surface area contributed by atoms with E-state index < -0.39 is 0 Å². The number of nitrogens with one attached hydrogen (secondary N) is 3. The van der Waals surface area contributed by atoms with E-state index in [2.05, 4.69) is 16.2 Å². The van der Waals surface area contributed by atoms with Crippen molar-refractivity contribution in [3.05, 3.63) is 95.6 Å². The average Bonchev–Trinajstić information content (AvgIpc) is 2.82. The van der Waals surface area contributed by atoms with E-state index in [1.807, 2.05) is 73.7 Å². The minimum Gasteiger partial charge on any atom is -0.493 e. The van der Waals surface area contributed by atoms with Crippen molar-refractivity contribution in [3.8, 4) is 11.5 Å². The van der Waals surface area contributed by atoms with Gasteiger partial charge in [0.05, 0.1) is 13.2 Å². The highest BCUT2D eigenvalue weighted by Gasteiger charge is 2.09. The van der Waals surface area contributed by atoms with Crippen LogP contribution in [0.2, 0.25) is 0 Å². The van der Waals surface area contributed by atoms with Gasteiger partial charge >= 0.3 is 0 Å². The number of rotatable bonds is 7. The monoisotopic (exact) mass is 435 g/mol. The number of benzene rings is 3. The summed E-state index contributed by atoms with van der Waals surface area (Å²) in [5.41, 5.74) is 7.89. The molecule has 0 unspecified atom stereocenters. The Morgan fingerprint density at radius 3 is 2.23 bits per heavy atom. The van der Waals surface area contributed by atoms with E-state index in [1.165, 1.54) is 0 Å². The molecule has 160 valence electrons. The van der Waals surface area contributed by atoms with Gasteiger partial charge in [-0.05, 0) is 54.5 Å². The van der Waals surface area contributed by atoms with Crippen LogP contribution < -0.4 is 25.6 Å². The maximum absolute atomic E-state index is 12.4. The Labute approximate surface area is 187 Å². The van der Waals surface area contributed by atoms with E-state index in [0.29, 0.717) is 28.8 Å². The van der Waals surface area contributed by atoms with Crippen LogP contribution in [0.15, 0.2) is 78.9 Å². The van der Waals surface area contributed by atoms with E-state index in [9.17, 15) is 4.79 Å². The van der Waals surface area contributed by atoms with Crippen molar-refractivity contribution >= 4 is 23.2 Å². The summed E-state index contributed by atoms with van der Waals surface area (Å²) < 4.78 is 11.1. The highest BCUT2D eigenvalue weighted by atomic mass is 32.1. The molecule has 0 aliphatic rings. The maximum Gasteiger partial charge on any atom is 0.269 e. The van der Waals surface area contributed by atoms with Gasteiger partial charge in [0, 0.05) is 5.56 Å². The Morgan fingerprint density at radius 2 is 1.55 bits per heavy atom. The summed E-state index contributed by atoms with van der Waals surface area (Å²) in [6, 6.07) is 24.6. The molecule has 0 heterocycles. The Hall–Kier alpha value is -3.58. The SMILES string of the molecule is COc1ccccc1OCc1ccc(C(=O)NNC(=S)N[C@H](C)c2ccccc2)cc1. The molecule has 0 aromatic heterocycles. The second-order valence-corrected chi connectivity index (χ2v) is 7.23. The average molecular weight is 436 g/mol. The van der Waals surface area contributed by atoms with Crippen LogP contribution in [0.3, 0.4) is 0 Å². The molecule has 7 heteroatoms. The first-order chi connectivity index (χ1) is 15.1. The van der Waals surface area contributed by atoms with Crippen molar-refractivity contribution in [2.45, 2.75) is 19.6 Å². The fourth-order valence-corrected chi connectivity index (χ4v) is 3.12. The number of methoxy groups -OCH3 is 1. The zero-order valence-electron chi connectivity index (χ0n) is 17.4. The number of carbonyl (C=O) groups is 1. The molecule has 0 aliphatic carbocycles. The molecule has 0 saturated carbocycles. The van der Waals surface area contributed by atoms with Gasteiger partial charge in [0.15, 0.2) is 16.6 Å². The molecule has 3 N–H and O–H groups in total. The summed E-state index contributed by atoms with van der Waals surface area (Å²) in [5, 5.41) is 3.47. The minimum atomic E-state index is -0.284. The summed E-state index contributed by atoms with van der Waals surface area (Å²) in [4.78, 5) is 12.4. The summed E-state index contributed by atoms with van der Waals surface area (Å²) in [5.74, 6) is 1.06. The highest BCUT2D eigenvalue weighted by Crippen LogP contribution is 2.26. The molecule has 0 fully saturated rings. The van der Waals surface area contributed by atoms with Gasteiger partial charge in [-0.2, -0.15) is 0 Å². The fourth-order valence-electron chi connectivity index (χ4n) is 2.89. The standard InChI is InChI=1S/C24H25N3O3S/c1-17(19-8-4-3-5-9-19)25-24(31)27-26-23(28)20-14-12-18(13-15-20)16-30-22-11-7-6-10-21(22)29-2/h3-15,17H,16H2,1-2H3,(H,26,28)(H2,25,27,31)/t17-/m1/s1. The molecule has 0 bridgehead atoms. The minimum absolute atomic E-state index is 0.0145. The predicted octanol–water partition coefficient (Wildman–Crippen LogP) is 4.14. The lowest BCUT2D eigenvalue weighted by Gasteiger charge is -2.17. The van der Waals surface area contributed by atoms with Gasteiger partial charge in [-0.3, -0.25) is 15.6 Å². The maximum atomic E-state index is 12.4. The van der Waals surface area contributed by atoms with E-state index in [0.717, 1.165) is 11.1 Å². The lowest BCUT2D eigenvalue weighted by Crippen LogP contribution is -2.47. The summed E-state index contributed by atoms with van der Waals surface area (Å²) in [6.07, 6.45) is 0. The highest BCUT2D eigenvalue weighted by molar-refractivity contribution is 7.80. The van der Waals surface area contributed by atoms with Crippen molar-refractivity contribution in [2.24, 2.45) is 0 Å². The number of ether oxygens (including phenoxy) is 2. The second-order valence-electron chi connectivity index (χ2n) is 6.82. The zero-order chi connectivity index (χ0) is 22.1. The molecule has 1 amide bonds. The van der Waals surface area contributed by atoms with Gasteiger partial charge in [0.25, 0.3) is 5.91 Å². The molecule has 1 atom stereocenters. The summed E-state index contributed by atoms with van der Waals surface area (Å²) >= 11 is 5.26. The topological polar surface area (TPSA) is 71.6 Å². The first-order valence-corrected chi connectivity index (χ1v) is 10.2. The normalized spacial score (nSPS) is 11.2. The van der Waals surface area contributed by atoms with E-state index in [4.69, 9.17) is 21.7 Å². The Kier molecular flexibility index (Phi) is 7.84. The molecular formula is C24H25N3O3S. The molecule has 3 aromatic rings. The first-order valence-electron chi connectivity index (χ1n) is 9.83. The quantitative estimate of drug-likeness (QED) is 0.383. The molecule has 0 radical (unpaired) electrons. The van der Waals surface area contributed by atoms with Gasteiger partial charge in [-0.25, -0.2) is 0 Å². The van der Waals surface area contributed by atoms with Crippen LogP contribution in [-0.2, 0) is 6.61 Å². The van der Waals surface area contributed by atoms with Crippen molar-refractivity contribution in [3.63, 3.8) is 0 Å². The number of hydrogen-bond acceptors (Lipinski definition) is 4. The third-order valence-corrected chi connectivity index (χ3v) is 4.84. The number of para-hydroxylation sites is 2. The van der Waals surface area contributed by atoms with Crippen molar-refractivity contribution < 1.29 is 14.3 Å². The summed E-state index contributed by atoms with van der Waals surface area (Å²) in [6.45, 7) is 2.36. The number of carbonyl (C=O) groups excluding carboxylic acids is 1. The smallest absolute Gasteiger partial charge is 0.269 e.